The van der Waals surface area contributed by atoms with Gasteiger partial charge in [0.05, 0.1) is 0 Å². The Balaban J connectivity index is 1.86. The third-order valence-electron chi connectivity index (χ3n) is 4.38. The highest BCUT2D eigenvalue weighted by Gasteiger charge is 2.41. The molecule has 1 unspecified atom stereocenters. The van der Waals surface area contributed by atoms with Crippen molar-refractivity contribution in [3.63, 3.8) is 0 Å². The Hall–Kier alpha value is -0.180. The van der Waals surface area contributed by atoms with Gasteiger partial charge in [-0.1, -0.05) is 32.1 Å². The highest BCUT2D eigenvalue weighted by molar-refractivity contribution is 4.85. The van der Waals surface area contributed by atoms with E-state index in [9.17, 15) is 8.78 Å². The first-order chi connectivity index (χ1) is 8.18. The molecule has 1 nitrogen and oxygen atoms in total. The maximum Gasteiger partial charge on any atom is 0.252 e. The van der Waals surface area contributed by atoms with Crippen LogP contribution in [-0.2, 0) is 0 Å². The van der Waals surface area contributed by atoms with Crippen molar-refractivity contribution in [1.82, 2.24) is 5.32 Å². The quantitative estimate of drug-likeness (QED) is 0.737. The van der Waals surface area contributed by atoms with Gasteiger partial charge in [0.15, 0.2) is 0 Å². The van der Waals surface area contributed by atoms with E-state index < -0.39 is 5.92 Å². The van der Waals surface area contributed by atoms with Gasteiger partial charge in [0.1, 0.15) is 0 Å². The molecule has 1 aliphatic carbocycles. The summed E-state index contributed by atoms with van der Waals surface area (Å²) in [7, 11) is 0. The Morgan fingerprint density at radius 1 is 0.882 bits per heavy atom. The number of hydrogen-bond acceptors (Lipinski definition) is 1. The first-order valence-electron chi connectivity index (χ1n) is 7.30. The molecule has 1 heterocycles. The van der Waals surface area contributed by atoms with Crippen molar-refractivity contribution in [2.45, 2.75) is 76.2 Å². The topological polar surface area (TPSA) is 12.0 Å². The van der Waals surface area contributed by atoms with Gasteiger partial charge in [-0.15, -0.1) is 0 Å². The van der Waals surface area contributed by atoms with E-state index in [1.807, 2.05) is 0 Å². The molecule has 100 valence electrons. The molecule has 1 saturated heterocycles. The van der Waals surface area contributed by atoms with Crippen molar-refractivity contribution in [3.8, 4) is 0 Å². The van der Waals surface area contributed by atoms with Crippen LogP contribution < -0.4 is 5.32 Å². The van der Waals surface area contributed by atoms with Crippen molar-refractivity contribution in [1.29, 1.82) is 0 Å². The molecule has 0 amide bonds. The Bertz CT molecular complexity index is 216. The summed E-state index contributed by atoms with van der Waals surface area (Å²) in [5.41, 5.74) is 0. The number of nitrogens with one attached hydrogen (secondary N) is 1. The smallest absolute Gasteiger partial charge is 0.252 e. The number of rotatable bonds is 3. The summed E-state index contributed by atoms with van der Waals surface area (Å²) in [5.74, 6) is -2.80. The van der Waals surface area contributed by atoms with Crippen molar-refractivity contribution >= 4 is 0 Å². The summed E-state index contributed by atoms with van der Waals surface area (Å²) in [6, 6.07) is 0.0574. The van der Waals surface area contributed by atoms with Crippen LogP contribution in [0.4, 0.5) is 8.78 Å². The van der Waals surface area contributed by atoms with E-state index in [0.29, 0.717) is 0 Å². The van der Waals surface area contributed by atoms with Crippen LogP contribution in [0, 0.1) is 5.92 Å². The predicted molar refractivity (Wildman–Crippen MR) is 66.4 cm³/mol. The fourth-order valence-corrected chi connectivity index (χ4v) is 3.30. The minimum absolute atomic E-state index is 0.0574. The normalized spacial score (nSPS) is 28.9. The van der Waals surface area contributed by atoms with E-state index in [1.54, 1.807) is 0 Å². The summed E-state index contributed by atoms with van der Waals surface area (Å²) in [6.45, 7) is 0.922. The average molecular weight is 245 g/mol. The van der Waals surface area contributed by atoms with Crippen LogP contribution in [0.1, 0.15) is 64.2 Å². The van der Waals surface area contributed by atoms with Crippen LogP contribution >= 0.6 is 0 Å². The summed E-state index contributed by atoms with van der Waals surface area (Å²) in [4.78, 5) is 0. The number of piperidine rings is 1. The first-order valence-corrected chi connectivity index (χ1v) is 7.30. The Morgan fingerprint density at radius 2 is 1.53 bits per heavy atom. The van der Waals surface area contributed by atoms with Gasteiger partial charge < -0.3 is 5.32 Å². The molecule has 0 aromatic heterocycles. The zero-order valence-corrected chi connectivity index (χ0v) is 10.7. The maximum atomic E-state index is 14.2. The second kappa shape index (κ2) is 6.12. The van der Waals surface area contributed by atoms with Gasteiger partial charge in [0.25, 0.3) is 5.92 Å². The molecule has 0 aromatic rings. The third-order valence-corrected chi connectivity index (χ3v) is 4.38. The maximum absolute atomic E-state index is 14.2. The molecular weight excluding hydrogens is 220 g/mol. The second-order valence-electron chi connectivity index (χ2n) is 5.80. The Labute approximate surface area is 103 Å². The second-order valence-corrected chi connectivity index (χ2v) is 5.80. The van der Waals surface area contributed by atoms with E-state index in [0.717, 1.165) is 64.3 Å². The lowest BCUT2D eigenvalue weighted by molar-refractivity contribution is -0.0788. The molecule has 2 rings (SSSR count). The zero-order chi connectivity index (χ0) is 12.1. The molecule has 1 aliphatic heterocycles. The molecule has 1 N–H and O–H groups in total. The summed E-state index contributed by atoms with van der Waals surface area (Å²) in [6.07, 6.45) is 9.02. The average Bonchev–Trinajstić information content (AvgIpc) is 2.58. The number of hydrogen-bond donors (Lipinski definition) is 1. The van der Waals surface area contributed by atoms with E-state index in [-0.39, 0.29) is 18.4 Å². The van der Waals surface area contributed by atoms with E-state index in [1.165, 1.54) is 0 Å². The van der Waals surface area contributed by atoms with Gasteiger partial charge in [0.2, 0.25) is 0 Å². The summed E-state index contributed by atoms with van der Waals surface area (Å²) < 4.78 is 28.5. The molecule has 0 bridgehead atoms. The first kappa shape index (κ1) is 13.3. The van der Waals surface area contributed by atoms with Crippen LogP contribution in [0.2, 0.25) is 0 Å². The lowest BCUT2D eigenvalue weighted by Gasteiger charge is -2.32. The van der Waals surface area contributed by atoms with Crippen LogP contribution in [0.25, 0.3) is 0 Å². The van der Waals surface area contributed by atoms with Crippen LogP contribution in [0.15, 0.2) is 0 Å². The van der Waals surface area contributed by atoms with E-state index >= 15 is 0 Å². The van der Waals surface area contributed by atoms with E-state index in [4.69, 9.17) is 0 Å². The van der Waals surface area contributed by atoms with Crippen LogP contribution in [0.3, 0.4) is 0 Å². The molecule has 2 fully saturated rings. The molecule has 0 spiro atoms. The summed E-state index contributed by atoms with van der Waals surface area (Å²) >= 11 is 0. The largest absolute Gasteiger partial charge is 0.314 e. The molecule has 0 aromatic carbocycles. The highest BCUT2D eigenvalue weighted by atomic mass is 19.3. The fraction of sp³-hybridized carbons (Fsp3) is 1.00. The fourth-order valence-electron chi connectivity index (χ4n) is 3.30. The van der Waals surface area contributed by atoms with Gasteiger partial charge in [-0.2, -0.15) is 0 Å². The lowest BCUT2D eigenvalue weighted by atomic mass is 9.87. The van der Waals surface area contributed by atoms with Crippen LogP contribution in [-0.4, -0.2) is 18.5 Å². The molecule has 17 heavy (non-hydrogen) atoms. The monoisotopic (exact) mass is 245 g/mol. The molecule has 0 radical (unpaired) electrons. The van der Waals surface area contributed by atoms with Gasteiger partial charge in [-0.25, -0.2) is 8.78 Å². The van der Waals surface area contributed by atoms with Gasteiger partial charge in [-0.3, -0.25) is 0 Å². The SMILES string of the molecule is FC(F)(CC1CCCCN1)C1CCCCCC1. The van der Waals surface area contributed by atoms with Crippen molar-refractivity contribution in [3.05, 3.63) is 0 Å². The zero-order valence-electron chi connectivity index (χ0n) is 10.7. The van der Waals surface area contributed by atoms with E-state index in [2.05, 4.69) is 5.32 Å². The molecule has 1 saturated carbocycles. The van der Waals surface area contributed by atoms with Crippen molar-refractivity contribution < 1.29 is 8.78 Å². The highest BCUT2D eigenvalue weighted by Crippen LogP contribution is 2.39. The number of alkyl halides is 2. The third kappa shape index (κ3) is 3.90. The predicted octanol–water partition coefficient (Wildman–Crippen LogP) is 4.12. The molecule has 3 heteroatoms. The lowest BCUT2D eigenvalue weighted by Crippen LogP contribution is -2.41. The molecular formula is C14H25F2N. The van der Waals surface area contributed by atoms with Gasteiger partial charge in [-0.05, 0) is 32.2 Å². The summed E-state index contributed by atoms with van der Waals surface area (Å²) in [5, 5.41) is 3.25. The molecule has 1 atom stereocenters. The standard InChI is InChI=1S/C14H25F2N/c15-14(16,11-13-9-5-6-10-17-13)12-7-3-1-2-4-8-12/h12-13,17H,1-11H2. The van der Waals surface area contributed by atoms with Gasteiger partial charge >= 0.3 is 0 Å². The van der Waals surface area contributed by atoms with Crippen LogP contribution in [0.5, 0.6) is 0 Å². The van der Waals surface area contributed by atoms with Crippen molar-refractivity contribution in [2.24, 2.45) is 5.92 Å². The minimum Gasteiger partial charge on any atom is -0.314 e. The van der Waals surface area contributed by atoms with Crippen molar-refractivity contribution in [2.75, 3.05) is 6.54 Å². The Morgan fingerprint density at radius 3 is 2.12 bits per heavy atom. The Kier molecular flexibility index (Phi) is 4.78. The number of halogens is 2. The minimum atomic E-state index is -2.45. The van der Waals surface area contributed by atoms with Gasteiger partial charge in [0, 0.05) is 18.4 Å². The molecule has 2 aliphatic rings.